The van der Waals surface area contributed by atoms with Crippen molar-refractivity contribution >= 4 is 33.3 Å². The summed E-state index contributed by atoms with van der Waals surface area (Å²) in [5, 5.41) is 6.71. The van der Waals surface area contributed by atoms with Crippen molar-refractivity contribution in [2.75, 3.05) is 11.9 Å². The predicted molar refractivity (Wildman–Crippen MR) is 121 cm³/mol. The molecule has 1 aliphatic heterocycles. The molecule has 0 atom stereocenters. The van der Waals surface area contributed by atoms with Gasteiger partial charge in [0, 0.05) is 37.0 Å². The van der Waals surface area contributed by atoms with Gasteiger partial charge in [-0.3, -0.25) is 4.79 Å². The number of aromatic nitrogens is 2. The van der Waals surface area contributed by atoms with Gasteiger partial charge < -0.3 is 10.2 Å². The van der Waals surface area contributed by atoms with Crippen LogP contribution in [0.1, 0.15) is 24.0 Å². The van der Waals surface area contributed by atoms with Crippen LogP contribution in [0.3, 0.4) is 0 Å². The molecule has 0 bridgehead atoms. The number of hydrogen-bond donors (Lipinski definition) is 1. The van der Waals surface area contributed by atoms with Crippen LogP contribution in [0.15, 0.2) is 66.3 Å². The summed E-state index contributed by atoms with van der Waals surface area (Å²) >= 11 is 1.64. The highest BCUT2D eigenvalue weighted by molar-refractivity contribution is 7.17. The first-order chi connectivity index (χ1) is 14.8. The molecule has 150 valence electrons. The molecule has 1 saturated heterocycles. The molecule has 2 aromatic heterocycles. The van der Waals surface area contributed by atoms with Crippen LogP contribution < -0.4 is 5.32 Å². The van der Waals surface area contributed by atoms with Gasteiger partial charge in [-0.15, -0.1) is 11.3 Å². The van der Waals surface area contributed by atoms with Gasteiger partial charge in [-0.25, -0.2) is 9.97 Å². The summed E-state index contributed by atoms with van der Waals surface area (Å²) in [5.74, 6) is 1.12. The van der Waals surface area contributed by atoms with Gasteiger partial charge in [-0.05, 0) is 23.1 Å². The van der Waals surface area contributed by atoms with Crippen LogP contribution >= 0.6 is 11.3 Å². The van der Waals surface area contributed by atoms with Crippen LogP contribution in [0.4, 0.5) is 5.82 Å². The summed E-state index contributed by atoms with van der Waals surface area (Å²) in [5.41, 5.74) is 4.67. The first kappa shape index (κ1) is 18.8. The predicted octanol–water partition coefficient (Wildman–Crippen LogP) is 5.09. The number of nitrogens with one attached hydrogen (secondary N) is 1. The largest absolute Gasteiger partial charge is 0.365 e. The molecule has 0 unspecified atom stereocenters. The molecule has 5 rings (SSSR count). The van der Waals surface area contributed by atoms with E-state index in [1.54, 1.807) is 17.7 Å². The molecule has 0 spiro atoms. The van der Waals surface area contributed by atoms with Crippen molar-refractivity contribution in [3.8, 4) is 11.1 Å². The fraction of sp³-hybridized carbons (Fsp3) is 0.208. The van der Waals surface area contributed by atoms with Gasteiger partial charge in [0.25, 0.3) is 0 Å². The second kappa shape index (κ2) is 8.24. The minimum absolute atomic E-state index is 0.263. The minimum atomic E-state index is 0.263. The highest BCUT2D eigenvalue weighted by Crippen LogP contribution is 2.36. The second-order valence-corrected chi connectivity index (χ2v) is 8.36. The Morgan fingerprint density at radius 2 is 1.80 bits per heavy atom. The summed E-state index contributed by atoms with van der Waals surface area (Å²) in [6.07, 6.45) is 3.27. The van der Waals surface area contributed by atoms with Gasteiger partial charge in [0.15, 0.2) is 0 Å². The summed E-state index contributed by atoms with van der Waals surface area (Å²) in [6.45, 7) is 2.25. The highest BCUT2D eigenvalue weighted by atomic mass is 32.1. The molecular formula is C24H22N4OS. The van der Waals surface area contributed by atoms with E-state index in [0.29, 0.717) is 19.5 Å². The van der Waals surface area contributed by atoms with Crippen molar-refractivity contribution in [2.24, 2.45) is 0 Å². The lowest BCUT2D eigenvalue weighted by Gasteiger charge is -2.15. The molecule has 0 saturated carbocycles. The molecule has 30 heavy (non-hydrogen) atoms. The quantitative estimate of drug-likeness (QED) is 0.477. The zero-order valence-electron chi connectivity index (χ0n) is 16.5. The average molecular weight is 415 g/mol. The monoisotopic (exact) mass is 414 g/mol. The number of benzene rings is 2. The van der Waals surface area contributed by atoms with E-state index in [2.05, 4.69) is 57.1 Å². The van der Waals surface area contributed by atoms with Gasteiger partial charge in [-0.1, -0.05) is 54.6 Å². The van der Waals surface area contributed by atoms with Crippen LogP contribution in [-0.4, -0.2) is 27.3 Å². The van der Waals surface area contributed by atoms with E-state index in [-0.39, 0.29) is 5.91 Å². The summed E-state index contributed by atoms with van der Waals surface area (Å²) in [7, 11) is 0. The molecule has 4 aromatic rings. The third-order valence-corrected chi connectivity index (χ3v) is 6.37. The smallest absolute Gasteiger partial charge is 0.222 e. The van der Waals surface area contributed by atoms with E-state index in [4.69, 9.17) is 0 Å². The number of carbonyl (C=O) groups is 1. The summed E-state index contributed by atoms with van der Waals surface area (Å²) in [4.78, 5) is 23.7. The van der Waals surface area contributed by atoms with E-state index in [9.17, 15) is 4.79 Å². The Morgan fingerprint density at radius 1 is 1.00 bits per heavy atom. The van der Waals surface area contributed by atoms with Gasteiger partial charge >= 0.3 is 0 Å². The normalized spacial score (nSPS) is 13.9. The molecule has 1 amide bonds. The molecule has 5 nitrogen and oxygen atoms in total. The Bertz CT molecular complexity index is 1170. The maximum Gasteiger partial charge on any atom is 0.222 e. The number of thiophene rings is 1. The number of rotatable bonds is 6. The average Bonchev–Trinajstić information content (AvgIpc) is 3.40. The number of amides is 1. The SMILES string of the molecule is O=C1CCCN1Cc1ccc(CNc2ncnc3scc(-c4ccccc4)c23)cc1. The topological polar surface area (TPSA) is 58.1 Å². The third-order valence-electron chi connectivity index (χ3n) is 5.48. The number of carbonyl (C=O) groups excluding carboxylic acids is 1. The zero-order chi connectivity index (χ0) is 20.3. The minimum Gasteiger partial charge on any atom is -0.365 e. The lowest BCUT2D eigenvalue weighted by molar-refractivity contribution is -0.128. The molecule has 6 heteroatoms. The Labute approximate surface area is 179 Å². The van der Waals surface area contributed by atoms with Crippen LogP contribution in [0, 0.1) is 0 Å². The molecule has 1 aliphatic rings. The van der Waals surface area contributed by atoms with Crippen LogP contribution in [0.2, 0.25) is 0 Å². The van der Waals surface area contributed by atoms with Gasteiger partial charge in [0.1, 0.15) is 17.0 Å². The van der Waals surface area contributed by atoms with Crippen LogP contribution in [-0.2, 0) is 17.9 Å². The second-order valence-electron chi connectivity index (χ2n) is 7.51. The molecule has 0 aliphatic carbocycles. The van der Waals surface area contributed by atoms with E-state index in [0.717, 1.165) is 34.6 Å². The number of anilines is 1. The maximum atomic E-state index is 11.8. The lowest BCUT2D eigenvalue weighted by Crippen LogP contribution is -2.23. The highest BCUT2D eigenvalue weighted by Gasteiger charge is 2.19. The maximum absolute atomic E-state index is 11.8. The van der Waals surface area contributed by atoms with E-state index < -0.39 is 0 Å². The van der Waals surface area contributed by atoms with Crippen LogP contribution in [0.5, 0.6) is 0 Å². The van der Waals surface area contributed by atoms with Crippen LogP contribution in [0.25, 0.3) is 21.3 Å². The fourth-order valence-corrected chi connectivity index (χ4v) is 4.80. The Kier molecular flexibility index (Phi) is 5.15. The zero-order valence-corrected chi connectivity index (χ0v) is 17.4. The number of likely N-dealkylation sites (tertiary alicyclic amines) is 1. The van der Waals surface area contributed by atoms with Crippen molar-refractivity contribution < 1.29 is 4.79 Å². The number of hydrogen-bond acceptors (Lipinski definition) is 5. The molecule has 3 heterocycles. The summed E-state index contributed by atoms with van der Waals surface area (Å²) < 4.78 is 0. The van der Waals surface area contributed by atoms with Crippen molar-refractivity contribution in [1.29, 1.82) is 0 Å². The van der Waals surface area contributed by atoms with Crippen molar-refractivity contribution in [2.45, 2.75) is 25.9 Å². The Morgan fingerprint density at radius 3 is 2.57 bits per heavy atom. The lowest BCUT2D eigenvalue weighted by atomic mass is 10.1. The molecular weight excluding hydrogens is 392 g/mol. The van der Waals surface area contributed by atoms with E-state index in [1.807, 2.05) is 23.1 Å². The molecule has 0 radical (unpaired) electrons. The number of nitrogens with zero attached hydrogens (tertiary/aromatic N) is 3. The number of fused-ring (bicyclic) bond motifs is 1. The van der Waals surface area contributed by atoms with Gasteiger partial charge in [-0.2, -0.15) is 0 Å². The van der Waals surface area contributed by atoms with E-state index >= 15 is 0 Å². The van der Waals surface area contributed by atoms with Gasteiger partial charge in [0.05, 0.1) is 5.39 Å². The molecule has 1 fully saturated rings. The first-order valence-electron chi connectivity index (χ1n) is 10.1. The van der Waals surface area contributed by atoms with E-state index in [1.165, 1.54) is 16.7 Å². The fourth-order valence-electron chi connectivity index (χ4n) is 3.88. The Hall–Kier alpha value is -3.25. The van der Waals surface area contributed by atoms with Crippen molar-refractivity contribution in [1.82, 2.24) is 14.9 Å². The first-order valence-corrected chi connectivity index (χ1v) is 11.0. The molecule has 1 N–H and O–H groups in total. The molecule has 2 aromatic carbocycles. The summed E-state index contributed by atoms with van der Waals surface area (Å²) in [6, 6.07) is 18.8. The van der Waals surface area contributed by atoms with Gasteiger partial charge in [0.2, 0.25) is 5.91 Å². The Balaban J connectivity index is 1.33. The third kappa shape index (κ3) is 3.78. The van der Waals surface area contributed by atoms with Crippen molar-refractivity contribution in [3.63, 3.8) is 0 Å². The van der Waals surface area contributed by atoms with Crippen molar-refractivity contribution in [3.05, 3.63) is 77.4 Å². The standard InChI is InChI=1S/C24H22N4OS/c29-21-7-4-12-28(21)14-18-10-8-17(9-11-18)13-25-23-22-20(19-5-2-1-3-6-19)15-30-24(22)27-16-26-23/h1-3,5-6,8-11,15-16H,4,7,12-14H2,(H,25,26,27).